The number of fused-ring (bicyclic) bond motifs is 13. The van der Waals surface area contributed by atoms with E-state index in [1.807, 2.05) is 0 Å². The molecule has 6 aromatic rings. The predicted molar refractivity (Wildman–Crippen MR) is 168 cm³/mol. The average Bonchev–Trinajstić information content (AvgIpc) is 3.29. The Labute approximate surface area is 229 Å². The van der Waals surface area contributed by atoms with Gasteiger partial charge in [-0.15, -0.1) is 0 Å². The molecule has 0 fully saturated rings. The van der Waals surface area contributed by atoms with E-state index in [0.717, 1.165) is 22.4 Å². The minimum absolute atomic E-state index is 1.01. The molecule has 2 heterocycles. The molecule has 0 spiro atoms. The molecular formula is C38H29N. The number of hydrogen-bond donors (Lipinski definition) is 0. The molecule has 0 amide bonds. The number of aromatic nitrogens is 1. The van der Waals surface area contributed by atoms with E-state index < -0.39 is 0 Å². The summed E-state index contributed by atoms with van der Waals surface area (Å²) >= 11 is 0. The van der Waals surface area contributed by atoms with E-state index in [1.54, 1.807) is 0 Å². The van der Waals surface area contributed by atoms with Gasteiger partial charge in [-0.25, -0.2) is 0 Å². The highest BCUT2D eigenvalue weighted by atomic mass is 15.0. The summed E-state index contributed by atoms with van der Waals surface area (Å²) in [5.41, 5.74) is 14.1. The zero-order valence-electron chi connectivity index (χ0n) is 22.3. The topological polar surface area (TPSA) is 4.93 Å². The number of allylic oxidation sites excluding steroid dienone is 5. The zero-order chi connectivity index (χ0) is 26.5. The minimum Gasteiger partial charge on any atom is -0.309 e. The third-order valence-electron chi connectivity index (χ3n) is 7.87. The summed E-state index contributed by atoms with van der Waals surface area (Å²) in [4.78, 5) is 0. The highest BCUT2D eigenvalue weighted by Gasteiger charge is 2.16. The predicted octanol–water partition coefficient (Wildman–Crippen LogP) is 10.4. The summed E-state index contributed by atoms with van der Waals surface area (Å²) in [7, 11) is 0. The first-order valence-electron chi connectivity index (χ1n) is 13.5. The molecule has 0 N–H and O–H groups in total. The SMILES string of the molecule is C=C1C=C(/C=C\C)c2cccc(c2)-c2cccc(c2)-c2cccc(c2)-n2c3ccccc3c3cc(C)c1cc32. The van der Waals surface area contributed by atoms with Gasteiger partial charge in [0, 0.05) is 16.5 Å². The molecular weight excluding hydrogens is 470 g/mol. The molecule has 0 aliphatic carbocycles. The summed E-state index contributed by atoms with van der Waals surface area (Å²) in [6, 6.07) is 40.0. The van der Waals surface area contributed by atoms with E-state index in [0.29, 0.717) is 0 Å². The lowest BCUT2D eigenvalue weighted by atomic mass is 9.93. The lowest BCUT2D eigenvalue weighted by molar-refractivity contribution is 1.18. The number of para-hydroxylation sites is 1. The van der Waals surface area contributed by atoms with Crippen LogP contribution in [0.25, 0.3) is 60.9 Å². The standard InChI is InChI=1S/C38H29N/c1-4-10-27-19-25(2)35-24-38-36(20-26(35)3)34-17-5-6-18-37(34)39(38)33-16-9-15-32(23-33)31-14-8-13-30(22-31)29-12-7-11-28(27)21-29/h4-24H,2H2,1,3H3/b10-4-,27-19?. The van der Waals surface area contributed by atoms with Crippen molar-refractivity contribution in [3.05, 3.63) is 151 Å². The second kappa shape index (κ2) is 9.15. The Morgan fingerprint density at radius 2 is 1.26 bits per heavy atom. The van der Waals surface area contributed by atoms with Gasteiger partial charge in [-0.2, -0.15) is 0 Å². The Bertz CT molecular complexity index is 1990. The lowest BCUT2D eigenvalue weighted by Crippen LogP contribution is -1.96. The molecule has 1 aliphatic rings. The third-order valence-corrected chi connectivity index (χ3v) is 7.87. The number of benzene rings is 5. The van der Waals surface area contributed by atoms with Gasteiger partial charge in [-0.3, -0.25) is 0 Å². The van der Waals surface area contributed by atoms with Gasteiger partial charge < -0.3 is 4.57 Å². The van der Waals surface area contributed by atoms with Crippen LogP contribution >= 0.6 is 0 Å². The van der Waals surface area contributed by atoms with E-state index in [-0.39, 0.29) is 0 Å². The van der Waals surface area contributed by atoms with Crippen molar-refractivity contribution in [3.8, 4) is 27.9 Å². The highest BCUT2D eigenvalue weighted by molar-refractivity contribution is 6.10. The summed E-state index contributed by atoms with van der Waals surface area (Å²) < 4.78 is 2.40. The zero-order valence-corrected chi connectivity index (χ0v) is 22.3. The molecule has 5 aromatic carbocycles. The smallest absolute Gasteiger partial charge is 0.0547 e. The number of hydrogen-bond acceptors (Lipinski definition) is 0. The van der Waals surface area contributed by atoms with Crippen LogP contribution in [0, 0.1) is 6.92 Å². The largest absolute Gasteiger partial charge is 0.309 e. The average molecular weight is 500 g/mol. The summed E-state index contributed by atoms with van der Waals surface area (Å²) in [5, 5.41) is 2.53. The molecule has 1 aromatic heterocycles. The van der Waals surface area contributed by atoms with E-state index in [9.17, 15) is 0 Å². The number of rotatable bonds is 1. The molecule has 0 atom stereocenters. The Hall–Kier alpha value is -4.88. The molecule has 1 heteroatoms. The number of nitrogens with zero attached hydrogens (tertiary/aromatic N) is 1. The van der Waals surface area contributed by atoms with Gasteiger partial charge >= 0.3 is 0 Å². The molecule has 1 aliphatic heterocycles. The van der Waals surface area contributed by atoms with Crippen LogP contribution in [0.4, 0.5) is 0 Å². The van der Waals surface area contributed by atoms with E-state index >= 15 is 0 Å². The second-order valence-corrected chi connectivity index (χ2v) is 10.4. The van der Waals surface area contributed by atoms with Gasteiger partial charge in [0.1, 0.15) is 0 Å². The van der Waals surface area contributed by atoms with Crippen LogP contribution in [0.5, 0.6) is 0 Å². The quantitative estimate of drug-likeness (QED) is 0.212. The first-order chi connectivity index (χ1) is 19.1. The van der Waals surface area contributed by atoms with Crippen molar-refractivity contribution in [2.45, 2.75) is 13.8 Å². The van der Waals surface area contributed by atoms with Crippen LogP contribution in [0.1, 0.15) is 23.6 Å². The summed E-state index contributed by atoms with van der Waals surface area (Å²) in [6.45, 7) is 8.83. The Morgan fingerprint density at radius 1 is 0.615 bits per heavy atom. The fourth-order valence-corrected chi connectivity index (χ4v) is 6.00. The Morgan fingerprint density at radius 3 is 2.00 bits per heavy atom. The highest BCUT2D eigenvalue weighted by Crippen LogP contribution is 2.38. The molecule has 0 saturated heterocycles. The van der Waals surface area contributed by atoms with Crippen LogP contribution in [0.3, 0.4) is 0 Å². The van der Waals surface area contributed by atoms with E-state index in [2.05, 4.69) is 152 Å². The molecule has 1 nitrogen and oxygen atoms in total. The van der Waals surface area contributed by atoms with Crippen LogP contribution in [-0.2, 0) is 0 Å². The van der Waals surface area contributed by atoms with Crippen molar-refractivity contribution in [1.29, 1.82) is 0 Å². The van der Waals surface area contributed by atoms with Crippen molar-refractivity contribution in [2.75, 3.05) is 0 Å². The van der Waals surface area contributed by atoms with Crippen LogP contribution in [0.15, 0.2) is 134 Å². The van der Waals surface area contributed by atoms with Gasteiger partial charge in [0.05, 0.1) is 11.0 Å². The second-order valence-electron chi connectivity index (χ2n) is 10.4. The maximum Gasteiger partial charge on any atom is 0.0547 e. The molecule has 0 saturated carbocycles. The van der Waals surface area contributed by atoms with Crippen molar-refractivity contribution >= 4 is 33.0 Å². The van der Waals surface area contributed by atoms with Gasteiger partial charge in [0.25, 0.3) is 0 Å². The number of aryl methyl sites for hydroxylation is 1. The van der Waals surface area contributed by atoms with Crippen molar-refractivity contribution < 1.29 is 0 Å². The Balaban J connectivity index is 1.61. The molecule has 39 heavy (non-hydrogen) atoms. The van der Waals surface area contributed by atoms with Gasteiger partial charge in [-0.05, 0) is 112 Å². The molecule has 0 unspecified atom stereocenters. The molecule has 8 bridgehead atoms. The van der Waals surface area contributed by atoms with Crippen molar-refractivity contribution in [3.63, 3.8) is 0 Å². The maximum absolute atomic E-state index is 4.56. The fraction of sp³-hybridized carbons (Fsp3) is 0.0526. The minimum atomic E-state index is 1.01. The van der Waals surface area contributed by atoms with E-state index in [1.165, 1.54) is 55.2 Å². The Kier molecular flexibility index (Phi) is 5.45. The van der Waals surface area contributed by atoms with Crippen molar-refractivity contribution in [2.24, 2.45) is 0 Å². The third kappa shape index (κ3) is 3.86. The molecule has 0 radical (unpaired) electrons. The first-order valence-corrected chi connectivity index (χ1v) is 13.5. The molecule has 7 rings (SSSR count). The maximum atomic E-state index is 4.56. The first kappa shape index (κ1) is 23.3. The van der Waals surface area contributed by atoms with Gasteiger partial charge in [-0.1, -0.05) is 85.5 Å². The van der Waals surface area contributed by atoms with E-state index in [4.69, 9.17) is 0 Å². The van der Waals surface area contributed by atoms with Gasteiger partial charge in [0.15, 0.2) is 0 Å². The molecule has 186 valence electrons. The monoisotopic (exact) mass is 499 g/mol. The van der Waals surface area contributed by atoms with Crippen molar-refractivity contribution in [1.82, 2.24) is 4.57 Å². The van der Waals surface area contributed by atoms with Crippen LogP contribution in [0.2, 0.25) is 0 Å². The summed E-state index contributed by atoms with van der Waals surface area (Å²) in [6.07, 6.45) is 6.51. The normalized spacial score (nSPS) is 13.0. The fourth-order valence-electron chi connectivity index (χ4n) is 6.00. The van der Waals surface area contributed by atoms with Crippen LogP contribution in [-0.4, -0.2) is 4.57 Å². The summed E-state index contributed by atoms with van der Waals surface area (Å²) in [5.74, 6) is 0. The van der Waals surface area contributed by atoms with Crippen LogP contribution < -0.4 is 0 Å². The van der Waals surface area contributed by atoms with Gasteiger partial charge in [0.2, 0.25) is 0 Å². The lowest BCUT2D eigenvalue weighted by Gasteiger charge is -2.14.